The lowest BCUT2D eigenvalue weighted by Gasteiger charge is -2.23. The smallest absolute Gasteiger partial charge is 0.226 e. The summed E-state index contributed by atoms with van der Waals surface area (Å²) in [6.07, 6.45) is 3.13. The van der Waals surface area contributed by atoms with Crippen LogP contribution in [0.5, 0.6) is 0 Å². The van der Waals surface area contributed by atoms with Gasteiger partial charge in [0.2, 0.25) is 5.91 Å². The van der Waals surface area contributed by atoms with Gasteiger partial charge >= 0.3 is 0 Å². The second-order valence-corrected chi connectivity index (χ2v) is 4.70. The third-order valence-electron chi connectivity index (χ3n) is 2.49. The Kier molecular flexibility index (Phi) is 8.29. The molecule has 1 aliphatic heterocycles. The minimum absolute atomic E-state index is 0. The molecule has 90 valence electrons. The largest absolute Gasteiger partial charge is 0.341 e. The molecular weight excluding hydrogens is 232 g/mol. The summed E-state index contributed by atoms with van der Waals surface area (Å²) in [6, 6.07) is 0. The zero-order chi connectivity index (χ0) is 10.4. The molecule has 0 aromatic heterocycles. The second kappa shape index (κ2) is 8.25. The number of thioether (sulfide) groups is 1. The van der Waals surface area contributed by atoms with E-state index in [4.69, 9.17) is 0 Å². The number of nitrogens with one attached hydrogen (secondary N) is 1. The minimum atomic E-state index is 0. The molecule has 15 heavy (non-hydrogen) atoms. The SMILES string of the molecule is CSCC(C)C(=O)N1CCCNCC1.Cl. The molecule has 1 unspecified atom stereocenters. The van der Waals surface area contributed by atoms with Crippen LogP contribution in [0, 0.1) is 5.92 Å². The van der Waals surface area contributed by atoms with Crippen LogP contribution in [-0.4, -0.2) is 49.0 Å². The van der Waals surface area contributed by atoms with Gasteiger partial charge in [0, 0.05) is 31.3 Å². The quantitative estimate of drug-likeness (QED) is 0.820. The van der Waals surface area contributed by atoms with Crippen LogP contribution in [0.3, 0.4) is 0 Å². The number of amides is 1. The lowest BCUT2D eigenvalue weighted by molar-refractivity contribution is -0.134. The summed E-state index contributed by atoms with van der Waals surface area (Å²) >= 11 is 1.74. The molecule has 1 amide bonds. The standard InChI is InChI=1S/C10H20N2OS.ClH/c1-9(8-14-2)10(13)12-6-3-4-11-5-7-12;/h9,11H,3-8H2,1-2H3;1H. The lowest BCUT2D eigenvalue weighted by Crippen LogP contribution is -2.38. The van der Waals surface area contributed by atoms with E-state index in [-0.39, 0.29) is 18.3 Å². The van der Waals surface area contributed by atoms with Crippen LogP contribution in [-0.2, 0) is 4.79 Å². The van der Waals surface area contributed by atoms with E-state index in [1.54, 1.807) is 11.8 Å². The van der Waals surface area contributed by atoms with Crippen molar-refractivity contribution in [2.45, 2.75) is 13.3 Å². The third kappa shape index (κ3) is 5.09. The number of hydrogen-bond donors (Lipinski definition) is 1. The van der Waals surface area contributed by atoms with Crippen molar-refractivity contribution in [1.29, 1.82) is 0 Å². The van der Waals surface area contributed by atoms with Gasteiger partial charge in [0.05, 0.1) is 0 Å². The van der Waals surface area contributed by atoms with Gasteiger partial charge in [0.25, 0.3) is 0 Å². The Morgan fingerprint density at radius 1 is 1.47 bits per heavy atom. The van der Waals surface area contributed by atoms with Gasteiger partial charge in [0.15, 0.2) is 0 Å². The second-order valence-electron chi connectivity index (χ2n) is 3.79. The maximum absolute atomic E-state index is 11.9. The summed E-state index contributed by atoms with van der Waals surface area (Å²) in [5, 5.41) is 3.30. The highest BCUT2D eigenvalue weighted by molar-refractivity contribution is 7.98. The molecule has 1 fully saturated rings. The van der Waals surface area contributed by atoms with Crippen LogP contribution in [0.1, 0.15) is 13.3 Å². The van der Waals surface area contributed by atoms with Crippen LogP contribution >= 0.6 is 24.2 Å². The van der Waals surface area contributed by atoms with Crippen molar-refractivity contribution in [2.75, 3.05) is 38.2 Å². The predicted octanol–water partition coefficient (Wildman–Crippen LogP) is 1.23. The molecule has 0 spiro atoms. The van der Waals surface area contributed by atoms with Crippen LogP contribution in [0.15, 0.2) is 0 Å². The van der Waals surface area contributed by atoms with E-state index in [1.165, 1.54) is 0 Å². The zero-order valence-corrected chi connectivity index (χ0v) is 11.1. The molecule has 5 heteroatoms. The summed E-state index contributed by atoms with van der Waals surface area (Å²) in [5.41, 5.74) is 0. The van der Waals surface area contributed by atoms with E-state index < -0.39 is 0 Å². The van der Waals surface area contributed by atoms with E-state index in [0.717, 1.165) is 38.4 Å². The van der Waals surface area contributed by atoms with Gasteiger partial charge in [-0.15, -0.1) is 12.4 Å². The molecule has 1 aliphatic rings. The molecule has 1 saturated heterocycles. The summed E-state index contributed by atoms with van der Waals surface area (Å²) in [6.45, 7) is 5.80. The van der Waals surface area contributed by atoms with E-state index in [2.05, 4.69) is 5.32 Å². The molecule has 0 aliphatic carbocycles. The summed E-state index contributed by atoms with van der Waals surface area (Å²) in [5.74, 6) is 1.43. The molecule has 1 rings (SSSR count). The van der Waals surface area contributed by atoms with Crippen LogP contribution in [0.4, 0.5) is 0 Å². The Balaban J connectivity index is 0.00000196. The number of rotatable bonds is 3. The Morgan fingerprint density at radius 3 is 2.87 bits per heavy atom. The van der Waals surface area contributed by atoms with Crippen LogP contribution in [0.2, 0.25) is 0 Å². The molecule has 0 bridgehead atoms. The topological polar surface area (TPSA) is 32.3 Å². The number of nitrogens with zero attached hydrogens (tertiary/aromatic N) is 1. The maximum Gasteiger partial charge on any atom is 0.226 e. The van der Waals surface area contributed by atoms with E-state index >= 15 is 0 Å². The molecular formula is C10H21ClN2OS. The van der Waals surface area contributed by atoms with Crippen molar-refractivity contribution in [2.24, 2.45) is 5.92 Å². The van der Waals surface area contributed by atoms with Crippen LogP contribution in [0.25, 0.3) is 0 Å². The van der Waals surface area contributed by atoms with E-state index in [9.17, 15) is 4.79 Å². The zero-order valence-electron chi connectivity index (χ0n) is 9.49. The van der Waals surface area contributed by atoms with Crippen LogP contribution < -0.4 is 5.32 Å². The van der Waals surface area contributed by atoms with Gasteiger partial charge in [-0.05, 0) is 19.2 Å². The number of hydrogen-bond acceptors (Lipinski definition) is 3. The van der Waals surface area contributed by atoms with Crippen molar-refractivity contribution >= 4 is 30.1 Å². The highest BCUT2D eigenvalue weighted by Gasteiger charge is 2.20. The first-order chi connectivity index (χ1) is 6.75. The average molecular weight is 253 g/mol. The molecule has 0 radical (unpaired) electrons. The maximum atomic E-state index is 11.9. The third-order valence-corrected chi connectivity index (χ3v) is 3.32. The highest BCUT2D eigenvalue weighted by Crippen LogP contribution is 2.09. The van der Waals surface area contributed by atoms with Gasteiger partial charge in [-0.1, -0.05) is 6.92 Å². The van der Waals surface area contributed by atoms with Crippen molar-refractivity contribution in [3.8, 4) is 0 Å². The van der Waals surface area contributed by atoms with E-state index in [0.29, 0.717) is 5.91 Å². The Hall–Kier alpha value is 0.0700. The monoisotopic (exact) mass is 252 g/mol. The number of carbonyl (C=O) groups excluding carboxylic acids is 1. The van der Waals surface area contributed by atoms with Crippen molar-refractivity contribution in [1.82, 2.24) is 10.2 Å². The normalized spacial score (nSPS) is 18.9. The molecule has 0 saturated carbocycles. The van der Waals surface area contributed by atoms with Crippen molar-refractivity contribution in [3.63, 3.8) is 0 Å². The minimum Gasteiger partial charge on any atom is -0.341 e. The van der Waals surface area contributed by atoms with Gasteiger partial charge in [-0.25, -0.2) is 0 Å². The molecule has 3 nitrogen and oxygen atoms in total. The van der Waals surface area contributed by atoms with Crippen molar-refractivity contribution < 1.29 is 4.79 Å². The summed E-state index contributed by atoms with van der Waals surface area (Å²) in [4.78, 5) is 13.9. The number of carbonyl (C=O) groups is 1. The fourth-order valence-corrected chi connectivity index (χ4v) is 2.34. The Bertz CT molecular complexity index is 184. The lowest BCUT2D eigenvalue weighted by atomic mass is 10.2. The summed E-state index contributed by atoms with van der Waals surface area (Å²) in [7, 11) is 0. The number of halogens is 1. The van der Waals surface area contributed by atoms with Gasteiger partial charge in [-0.3, -0.25) is 4.79 Å². The highest BCUT2D eigenvalue weighted by atomic mass is 35.5. The Morgan fingerprint density at radius 2 is 2.20 bits per heavy atom. The Labute approximate surface area is 103 Å². The predicted molar refractivity (Wildman–Crippen MR) is 68.9 cm³/mol. The first kappa shape index (κ1) is 15.1. The first-order valence-electron chi connectivity index (χ1n) is 5.24. The van der Waals surface area contributed by atoms with Gasteiger partial charge in [0.1, 0.15) is 0 Å². The molecule has 1 N–H and O–H groups in total. The molecule has 1 heterocycles. The molecule has 1 atom stereocenters. The molecule has 0 aromatic carbocycles. The fourth-order valence-electron chi connectivity index (χ4n) is 1.70. The molecule has 0 aromatic rings. The summed E-state index contributed by atoms with van der Waals surface area (Å²) < 4.78 is 0. The average Bonchev–Trinajstić information content (AvgIpc) is 2.45. The first-order valence-corrected chi connectivity index (χ1v) is 6.63. The van der Waals surface area contributed by atoms with Gasteiger partial charge in [-0.2, -0.15) is 11.8 Å². The van der Waals surface area contributed by atoms with Gasteiger partial charge < -0.3 is 10.2 Å². The van der Waals surface area contributed by atoms with Crippen molar-refractivity contribution in [3.05, 3.63) is 0 Å². The van der Waals surface area contributed by atoms with E-state index in [1.807, 2.05) is 18.1 Å². The fraction of sp³-hybridized carbons (Fsp3) is 0.900.